The maximum absolute atomic E-state index is 6.09. The van der Waals surface area contributed by atoms with Crippen molar-refractivity contribution in [3.8, 4) is 0 Å². The highest BCUT2D eigenvalue weighted by Gasteiger charge is 2.23. The van der Waals surface area contributed by atoms with E-state index in [4.69, 9.17) is 5.73 Å². The Bertz CT molecular complexity index is 914. The Morgan fingerprint density at radius 3 is 2.24 bits per heavy atom. The van der Waals surface area contributed by atoms with Crippen LogP contribution in [0.15, 0.2) is 65.9 Å². The van der Waals surface area contributed by atoms with E-state index in [9.17, 15) is 0 Å². The van der Waals surface area contributed by atoms with Gasteiger partial charge < -0.3 is 15.5 Å². The van der Waals surface area contributed by atoms with E-state index in [1.165, 1.54) is 28.0 Å². The van der Waals surface area contributed by atoms with Crippen LogP contribution < -0.4 is 5.73 Å². The van der Waals surface area contributed by atoms with Crippen LogP contribution in [0.25, 0.3) is 11.8 Å². The van der Waals surface area contributed by atoms with E-state index in [1.54, 1.807) is 0 Å². The highest BCUT2D eigenvalue weighted by Crippen LogP contribution is 2.26. The van der Waals surface area contributed by atoms with Crippen molar-refractivity contribution >= 4 is 17.6 Å². The van der Waals surface area contributed by atoms with Gasteiger partial charge in [-0.3, -0.25) is 0 Å². The third-order valence-corrected chi connectivity index (χ3v) is 5.72. The number of nitrogens with two attached hydrogens (primary N) is 1. The van der Waals surface area contributed by atoms with Gasteiger partial charge in [0.25, 0.3) is 0 Å². The number of nitrogens with zero attached hydrogens (tertiary/aromatic N) is 3. The van der Waals surface area contributed by atoms with Crippen LogP contribution >= 0.6 is 0 Å². The molecule has 2 N–H and O–H groups in total. The highest BCUT2D eigenvalue weighted by atomic mass is 15.3. The molecule has 1 fully saturated rings. The van der Waals surface area contributed by atoms with Crippen molar-refractivity contribution in [2.45, 2.75) is 32.7 Å². The van der Waals surface area contributed by atoms with E-state index in [0.717, 1.165) is 38.3 Å². The number of aryl methyl sites for hydroxylation is 2. The molecule has 4 heteroatoms. The van der Waals surface area contributed by atoms with Crippen molar-refractivity contribution in [3.05, 3.63) is 83.2 Å². The molecule has 150 valence electrons. The Morgan fingerprint density at radius 2 is 1.59 bits per heavy atom. The van der Waals surface area contributed by atoms with Crippen LogP contribution in [0.1, 0.15) is 35.1 Å². The first kappa shape index (κ1) is 19.5. The van der Waals surface area contributed by atoms with E-state index in [-0.39, 0.29) is 0 Å². The number of hydrogen-bond donors (Lipinski definition) is 1. The summed E-state index contributed by atoms with van der Waals surface area (Å²) in [4.78, 5) is 9.38. The van der Waals surface area contributed by atoms with E-state index in [0.29, 0.717) is 6.04 Å². The summed E-state index contributed by atoms with van der Waals surface area (Å²) in [7, 11) is 0. The molecule has 0 aromatic heterocycles. The molecule has 2 aromatic rings. The minimum atomic E-state index is 0.326. The number of amidine groups is 1. The van der Waals surface area contributed by atoms with Crippen molar-refractivity contribution in [1.29, 1.82) is 0 Å². The molecular weight excluding hydrogens is 356 g/mol. The summed E-state index contributed by atoms with van der Waals surface area (Å²) >= 11 is 0. The van der Waals surface area contributed by atoms with Crippen LogP contribution in [-0.4, -0.2) is 41.3 Å². The van der Waals surface area contributed by atoms with Crippen molar-refractivity contribution in [2.75, 3.05) is 19.6 Å². The van der Waals surface area contributed by atoms with E-state index < -0.39 is 0 Å². The van der Waals surface area contributed by atoms with Gasteiger partial charge >= 0.3 is 0 Å². The number of rotatable bonds is 3. The second-order valence-corrected chi connectivity index (χ2v) is 8.10. The van der Waals surface area contributed by atoms with Gasteiger partial charge in [0, 0.05) is 37.2 Å². The second kappa shape index (κ2) is 8.66. The maximum Gasteiger partial charge on any atom is 0.124 e. The van der Waals surface area contributed by atoms with Crippen LogP contribution in [0.4, 0.5) is 0 Å². The Kier molecular flexibility index (Phi) is 5.81. The molecule has 4 nitrogen and oxygen atoms in total. The van der Waals surface area contributed by atoms with Crippen molar-refractivity contribution in [1.82, 2.24) is 9.80 Å². The van der Waals surface area contributed by atoms with E-state index in [2.05, 4.69) is 89.4 Å². The smallest absolute Gasteiger partial charge is 0.124 e. The number of piperidine rings is 1. The fraction of sp³-hybridized carbons (Fsp3) is 0.320. The molecule has 0 aliphatic carbocycles. The molecule has 0 unspecified atom stereocenters. The molecule has 2 heterocycles. The zero-order valence-corrected chi connectivity index (χ0v) is 17.4. The zero-order chi connectivity index (χ0) is 20.2. The van der Waals surface area contributed by atoms with Gasteiger partial charge in [-0.15, -0.1) is 0 Å². The summed E-state index contributed by atoms with van der Waals surface area (Å²) in [6, 6.07) is 17.8. The molecule has 0 radical (unpaired) electrons. The van der Waals surface area contributed by atoms with Crippen molar-refractivity contribution < 1.29 is 0 Å². The average molecular weight is 387 g/mol. The van der Waals surface area contributed by atoms with Crippen LogP contribution in [0.5, 0.6) is 0 Å². The summed E-state index contributed by atoms with van der Waals surface area (Å²) in [5, 5.41) is 0. The molecule has 0 bridgehead atoms. The Hall–Kier alpha value is -2.85. The van der Waals surface area contributed by atoms with Gasteiger partial charge in [-0.05, 0) is 43.9 Å². The molecule has 4 rings (SSSR count). The number of likely N-dealkylation sites (tertiary alicyclic amines) is 1. The molecule has 0 atom stereocenters. The van der Waals surface area contributed by atoms with Gasteiger partial charge in [-0.25, -0.2) is 4.99 Å². The lowest BCUT2D eigenvalue weighted by Gasteiger charge is -2.36. The largest absolute Gasteiger partial charge is 0.358 e. The summed E-state index contributed by atoms with van der Waals surface area (Å²) in [5.74, 6) is 1.13. The summed E-state index contributed by atoms with van der Waals surface area (Å²) < 4.78 is 0. The maximum atomic E-state index is 6.09. The molecule has 29 heavy (non-hydrogen) atoms. The fourth-order valence-electron chi connectivity index (χ4n) is 3.83. The number of hydrogen-bond acceptors (Lipinski definition) is 4. The molecule has 0 amide bonds. The average Bonchev–Trinajstić information content (AvgIpc) is 2.75. The first-order chi connectivity index (χ1) is 14.1. The highest BCUT2D eigenvalue weighted by molar-refractivity contribution is 5.89. The van der Waals surface area contributed by atoms with Crippen molar-refractivity contribution in [2.24, 2.45) is 10.7 Å². The monoisotopic (exact) mass is 386 g/mol. The minimum Gasteiger partial charge on any atom is -0.358 e. The van der Waals surface area contributed by atoms with Crippen LogP contribution in [0.3, 0.4) is 0 Å². The third-order valence-electron chi connectivity index (χ3n) is 5.72. The predicted molar refractivity (Wildman–Crippen MR) is 122 cm³/mol. The van der Waals surface area contributed by atoms with Crippen molar-refractivity contribution in [3.63, 3.8) is 0 Å². The Morgan fingerprint density at radius 1 is 0.966 bits per heavy atom. The lowest BCUT2D eigenvalue weighted by atomic mass is 10.0. The predicted octanol–water partition coefficient (Wildman–Crippen LogP) is 4.41. The van der Waals surface area contributed by atoms with Gasteiger partial charge in [0.15, 0.2) is 0 Å². The molecule has 2 aromatic carbocycles. The first-order valence-electron chi connectivity index (χ1n) is 10.4. The number of aliphatic imine (C=N–C) groups is 1. The minimum absolute atomic E-state index is 0.326. The summed E-state index contributed by atoms with van der Waals surface area (Å²) in [6.07, 6.45) is 8.34. The topological polar surface area (TPSA) is 44.9 Å². The molecule has 1 saturated heterocycles. The quantitative estimate of drug-likeness (QED) is 0.795. The Balaban J connectivity index is 1.62. The summed E-state index contributed by atoms with van der Waals surface area (Å²) in [6.45, 7) is 7.00. The van der Waals surface area contributed by atoms with Gasteiger partial charge in [-0.1, -0.05) is 59.7 Å². The second-order valence-electron chi connectivity index (χ2n) is 8.10. The normalized spacial score (nSPS) is 18.2. The molecular formula is C25H30N4. The summed E-state index contributed by atoms with van der Waals surface area (Å²) in [5.41, 5.74) is 12.2. The number of benzene rings is 2. The van der Waals surface area contributed by atoms with Gasteiger partial charge in [0.2, 0.25) is 0 Å². The van der Waals surface area contributed by atoms with Gasteiger partial charge in [0.05, 0.1) is 6.54 Å². The van der Waals surface area contributed by atoms with Gasteiger partial charge in [-0.2, -0.15) is 0 Å². The molecule has 2 aliphatic heterocycles. The Labute approximate surface area is 174 Å². The third kappa shape index (κ3) is 4.77. The molecule has 0 spiro atoms. The zero-order valence-electron chi connectivity index (χ0n) is 17.4. The lowest BCUT2D eigenvalue weighted by molar-refractivity contribution is 0.304. The van der Waals surface area contributed by atoms with Crippen LogP contribution in [0.2, 0.25) is 0 Å². The SMILES string of the molecule is Cc1ccc(/C=C(\c2ccc(C)cc2)N2C=CN=C(N3CCC(N)CC3)C2)cc1. The fourth-order valence-corrected chi connectivity index (χ4v) is 3.83. The standard InChI is InChI=1S/C25H30N4/c1-19-3-7-21(8-4-19)17-24(22-9-5-20(2)6-10-22)29-16-13-27-25(18-29)28-14-11-23(26)12-15-28/h3-10,13,16-17,23H,11-12,14-15,18,26H2,1-2H3/b24-17+. The van der Waals surface area contributed by atoms with E-state index >= 15 is 0 Å². The molecule has 0 saturated carbocycles. The first-order valence-corrected chi connectivity index (χ1v) is 10.4. The van der Waals surface area contributed by atoms with Crippen LogP contribution in [-0.2, 0) is 0 Å². The lowest BCUT2D eigenvalue weighted by Crippen LogP contribution is -2.46. The van der Waals surface area contributed by atoms with Crippen LogP contribution in [0, 0.1) is 13.8 Å². The van der Waals surface area contributed by atoms with E-state index in [1.807, 2.05) is 6.20 Å². The van der Waals surface area contributed by atoms with Gasteiger partial charge in [0.1, 0.15) is 5.84 Å². The molecule has 2 aliphatic rings.